The molecule has 12 heteroatoms. The molecule has 3 rings (SSSR count). The first-order valence-corrected chi connectivity index (χ1v) is 9.29. The number of hydrogen-bond donors (Lipinski definition) is 3. The van der Waals surface area contributed by atoms with Gasteiger partial charge in [-0.05, 0) is 34.1 Å². The van der Waals surface area contributed by atoms with Crippen molar-refractivity contribution in [2.75, 3.05) is 42.1 Å². The average Bonchev–Trinajstić information content (AvgIpc) is 2.67. The van der Waals surface area contributed by atoms with Crippen LogP contribution in [0.2, 0.25) is 0 Å². The number of benzene rings is 1. The number of halogens is 4. The lowest BCUT2D eigenvalue weighted by Crippen LogP contribution is -2.50. The van der Waals surface area contributed by atoms with E-state index in [2.05, 4.69) is 31.2 Å². The maximum atomic E-state index is 12.8. The van der Waals surface area contributed by atoms with Gasteiger partial charge in [-0.1, -0.05) is 6.07 Å². The Bertz CT molecular complexity index is 929. The number of nitrogens with one attached hydrogen (secondary N) is 2. The molecule has 1 aliphatic rings. The number of alkyl halides is 3. The van der Waals surface area contributed by atoms with E-state index in [9.17, 15) is 18.0 Å². The van der Waals surface area contributed by atoms with Crippen LogP contribution < -0.4 is 16.0 Å². The van der Waals surface area contributed by atoms with Crippen LogP contribution >= 0.6 is 15.9 Å². The van der Waals surface area contributed by atoms with E-state index in [0.29, 0.717) is 37.6 Å². The first kappa shape index (κ1) is 20.8. The fraction of sp³-hybridized carbons (Fsp3) is 0.294. The van der Waals surface area contributed by atoms with Crippen molar-refractivity contribution in [1.82, 2.24) is 14.9 Å². The highest BCUT2D eigenvalue weighted by atomic mass is 79.9. The fourth-order valence-electron chi connectivity index (χ4n) is 2.94. The number of nitrogens with two attached hydrogens (primary N) is 1. The van der Waals surface area contributed by atoms with Crippen molar-refractivity contribution >= 4 is 43.9 Å². The summed E-state index contributed by atoms with van der Waals surface area (Å²) < 4.78 is 38.5. The molecule has 8 nitrogen and oxygen atoms in total. The Balaban J connectivity index is 1.65. The second kappa shape index (κ2) is 8.23. The molecule has 0 radical (unpaired) electrons. The molecule has 0 saturated carbocycles. The maximum absolute atomic E-state index is 12.8. The number of piperazine rings is 1. The van der Waals surface area contributed by atoms with Gasteiger partial charge in [-0.15, -0.1) is 0 Å². The number of carbonyl (C=O) groups is 1. The Kier molecular flexibility index (Phi) is 5.91. The molecule has 1 saturated heterocycles. The highest BCUT2D eigenvalue weighted by Gasteiger charge is 2.31. The molecule has 2 heterocycles. The number of nitrogen functional groups attached to an aromatic ring is 1. The van der Waals surface area contributed by atoms with E-state index < -0.39 is 17.8 Å². The van der Waals surface area contributed by atoms with E-state index in [0.717, 1.165) is 12.1 Å². The summed E-state index contributed by atoms with van der Waals surface area (Å²) in [5, 5.41) is 10.3. The topological polar surface area (TPSA) is 111 Å². The summed E-state index contributed by atoms with van der Waals surface area (Å²) in [6.45, 7) is 1.48. The highest BCUT2D eigenvalue weighted by molar-refractivity contribution is 9.18. The van der Waals surface area contributed by atoms with Crippen LogP contribution in [0.4, 0.5) is 35.3 Å². The van der Waals surface area contributed by atoms with Crippen molar-refractivity contribution in [3.05, 3.63) is 41.7 Å². The van der Waals surface area contributed by atoms with Crippen molar-refractivity contribution in [1.29, 1.82) is 5.41 Å². The lowest BCUT2D eigenvalue weighted by atomic mass is 10.2. The number of hydrogen-bond acceptors (Lipinski definition) is 6. The third kappa shape index (κ3) is 4.75. The van der Waals surface area contributed by atoms with Crippen molar-refractivity contribution in [3.63, 3.8) is 0 Å². The molecule has 1 aromatic carbocycles. The van der Waals surface area contributed by atoms with E-state index in [-0.39, 0.29) is 16.1 Å². The van der Waals surface area contributed by atoms with Gasteiger partial charge in [0.2, 0.25) is 0 Å². The van der Waals surface area contributed by atoms with Gasteiger partial charge in [0.05, 0.1) is 11.1 Å². The van der Waals surface area contributed by atoms with Crippen molar-refractivity contribution in [2.24, 2.45) is 0 Å². The van der Waals surface area contributed by atoms with Crippen LogP contribution in [0, 0.1) is 5.41 Å². The first-order valence-electron chi connectivity index (χ1n) is 8.50. The largest absolute Gasteiger partial charge is 0.416 e. The molecule has 1 fully saturated rings. The lowest BCUT2D eigenvalue weighted by molar-refractivity contribution is -0.137. The molecular weight excluding hydrogens is 455 g/mol. The smallest absolute Gasteiger partial charge is 0.383 e. The second-order valence-electron chi connectivity index (χ2n) is 6.25. The maximum Gasteiger partial charge on any atom is 0.416 e. The van der Waals surface area contributed by atoms with Crippen LogP contribution in [0.3, 0.4) is 0 Å². The lowest BCUT2D eigenvalue weighted by Gasteiger charge is -2.36. The van der Waals surface area contributed by atoms with Crippen LogP contribution in [-0.2, 0) is 6.18 Å². The second-order valence-corrected chi connectivity index (χ2v) is 7.05. The number of aromatic nitrogens is 2. The number of carbonyl (C=O) groups excluding carboxylic acids is 1. The van der Waals surface area contributed by atoms with Gasteiger partial charge < -0.3 is 20.9 Å². The van der Waals surface area contributed by atoms with E-state index in [1.54, 1.807) is 0 Å². The van der Waals surface area contributed by atoms with Crippen molar-refractivity contribution in [2.45, 2.75) is 6.18 Å². The Morgan fingerprint density at radius 1 is 1.21 bits per heavy atom. The van der Waals surface area contributed by atoms with Gasteiger partial charge in [0.15, 0.2) is 0 Å². The third-order valence-corrected chi connectivity index (χ3v) is 4.78. The van der Waals surface area contributed by atoms with E-state index >= 15 is 0 Å². The Labute approximate surface area is 172 Å². The zero-order valence-electron chi connectivity index (χ0n) is 15.0. The predicted molar refractivity (Wildman–Crippen MR) is 106 cm³/mol. The first-order chi connectivity index (χ1) is 13.7. The summed E-state index contributed by atoms with van der Waals surface area (Å²) in [7, 11) is 0. The Morgan fingerprint density at radius 3 is 2.52 bits per heavy atom. The van der Waals surface area contributed by atoms with Gasteiger partial charge in [-0.2, -0.15) is 13.2 Å². The molecule has 154 valence electrons. The number of anilines is 3. The van der Waals surface area contributed by atoms with Crippen LogP contribution in [0.1, 0.15) is 11.1 Å². The number of urea groups is 1. The third-order valence-electron chi connectivity index (χ3n) is 4.38. The zero-order chi connectivity index (χ0) is 21.2. The van der Waals surface area contributed by atoms with Gasteiger partial charge in [0.25, 0.3) is 0 Å². The molecule has 4 N–H and O–H groups in total. The number of rotatable bonds is 3. The van der Waals surface area contributed by atoms with Crippen LogP contribution in [0.25, 0.3) is 0 Å². The fourth-order valence-corrected chi connectivity index (χ4v) is 3.32. The van der Waals surface area contributed by atoms with Gasteiger partial charge in [-0.25, -0.2) is 14.8 Å². The van der Waals surface area contributed by atoms with Crippen molar-refractivity contribution < 1.29 is 18.0 Å². The van der Waals surface area contributed by atoms with E-state index in [1.165, 1.54) is 23.4 Å². The average molecular weight is 472 g/mol. The summed E-state index contributed by atoms with van der Waals surface area (Å²) in [4.78, 5) is 23.9. The summed E-state index contributed by atoms with van der Waals surface area (Å²) in [5.41, 5.74) is 5.45. The summed E-state index contributed by atoms with van der Waals surface area (Å²) >= 11 is 3.08. The monoisotopic (exact) mass is 471 g/mol. The molecule has 1 aromatic heterocycles. The summed E-state index contributed by atoms with van der Waals surface area (Å²) in [6.07, 6.45) is -3.18. The molecule has 0 atom stereocenters. The minimum atomic E-state index is -4.48. The number of amides is 2. The van der Waals surface area contributed by atoms with Gasteiger partial charge in [-0.3, -0.25) is 5.41 Å². The standard InChI is InChI=1S/C17H17BrF3N7O/c18-13(22)12-14(23)24-9-25-15(12)27-4-6-28(7-5-27)16(29)26-11-3-1-2-10(8-11)17(19,20)21/h1-3,8-9,22H,4-7H2,(H,26,29)(H2,23,24,25). The quantitative estimate of drug-likeness (QED) is 0.595. The molecule has 0 spiro atoms. The summed E-state index contributed by atoms with van der Waals surface area (Å²) in [6, 6.07) is 4.00. The minimum Gasteiger partial charge on any atom is -0.383 e. The molecule has 2 aromatic rings. The van der Waals surface area contributed by atoms with E-state index in [4.69, 9.17) is 11.1 Å². The molecule has 29 heavy (non-hydrogen) atoms. The predicted octanol–water partition coefficient (Wildman–Crippen LogP) is 3.15. The SMILES string of the molecule is N=C(Br)c1c(N)ncnc1N1CCN(C(=O)Nc2cccc(C(F)(F)F)c2)CC1. The van der Waals surface area contributed by atoms with Gasteiger partial charge >= 0.3 is 12.2 Å². The van der Waals surface area contributed by atoms with Crippen molar-refractivity contribution in [3.8, 4) is 0 Å². The zero-order valence-corrected chi connectivity index (χ0v) is 16.6. The minimum absolute atomic E-state index is 0.0512. The Morgan fingerprint density at radius 2 is 1.90 bits per heavy atom. The Hall–Kier alpha value is -2.89. The van der Waals surface area contributed by atoms with Gasteiger partial charge in [0, 0.05) is 31.9 Å². The van der Waals surface area contributed by atoms with Crippen LogP contribution in [0.5, 0.6) is 0 Å². The highest BCUT2D eigenvalue weighted by Crippen LogP contribution is 2.31. The molecule has 0 bridgehead atoms. The van der Waals surface area contributed by atoms with Crippen LogP contribution in [0.15, 0.2) is 30.6 Å². The number of nitrogens with zero attached hydrogens (tertiary/aromatic N) is 4. The van der Waals surface area contributed by atoms with E-state index in [1.807, 2.05) is 4.90 Å². The van der Waals surface area contributed by atoms with Crippen LogP contribution in [-0.4, -0.2) is 51.7 Å². The summed E-state index contributed by atoms with van der Waals surface area (Å²) in [5.74, 6) is 0.652. The molecule has 2 amide bonds. The molecular formula is C17H17BrF3N7O. The molecule has 0 aliphatic carbocycles. The molecule has 0 unspecified atom stereocenters. The molecule has 1 aliphatic heterocycles. The normalized spacial score (nSPS) is 14.6. The van der Waals surface area contributed by atoms with Gasteiger partial charge in [0.1, 0.15) is 22.6 Å².